The van der Waals surface area contributed by atoms with Crippen LogP contribution in [0.4, 0.5) is 0 Å². The van der Waals surface area contributed by atoms with Crippen LogP contribution in [0.3, 0.4) is 0 Å². The van der Waals surface area contributed by atoms with E-state index in [0.29, 0.717) is 0 Å². The summed E-state index contributed by atoms with van der Waals surface area (Å²) in [5.41, 5.74) is 0. The van der Waals surface area contributed by atoms with Gasteiger partial charge in [-0.1, -0.05) is 41.8 Å². The van der Waals surface area contributed by atoms with E-state index in [1.165, 1.54) is 19.8 Å². The van der Waals surface area contributed by atoms with Crippen LogP contribution in [0.15, 0.2) is 12.2 Å². The van der Waals surface area contributed by atoms with Gasteiger partial charge in [-0.2, -0.15) is 0 Å². The second-order valence-electron chi connectivity index (χ2n) is 3.23. The molecule has 0 radical (unpaired) electrons. The highest BCUT2D eigenvalue weighted by molar-refractivity contribution is 9.09. The van der Waals surface area contributed by atoms with Gasteiger partial charge in [0.25, 0.3) is 0 Å². The largest absolute Gasteiger partial charge is 0.458 e. The van der Waals surface area contributed by atoms with Gasteiger partial charge in [-0.15, -0.1) is 0 Å². The first-order chi connectivity index (χ1) is 6.70. The monoisotopic (exact) mass is 262 g/mol. The lowest BCUT2D eigenvalue weighted by atomic mass is 10.1. The number of rotatable bonds is 7. The normalized spacial score (nSPS) is 13.1. The van der Waals surface area contributed by atoms with Crippen LogP contribution < -0.4 is 0 Å². The molecular formula is C11H19BrO2. The zero-order valence-electron chi connectivity index (χ0n) is 8.96. The molecule has 1 atom stereocenters. The molecule has 82 valence electrons. The molecule has 0 aliphatic heterocycles. The first kappa shape index (κ1) is 13.7. The molecular weight excluding hydrogens is 244 g/mol. The van der Waals surface area contributed by atoms with Crippen LogP contribution in [0, 0.1) is 0 Å². The molecule has 0 aromatic heterocycles. The Labute approximate surface area is 94.8 Å². The molecule has 3 heteroatoms. The second kappa shape index (κ2) is 9.25. The van der Waals surface area contributed by atoms with Crippen LogP contribution in [0.2, 0.25) is 0 Å². The lowest BCUT2D eigenvalue weighted by Gasteiger charge is -2.12. The summed E-state index contributed by atoms with van der Waals surface area (Å²) >= 11 is 3.30. The minimum absolute atomic E-state index is 0.0448. The molecule has 0 bridgehead atoms. The Morgan fingerprint density at radius 2 is 2.21 bits per heavy atom. The fourth-order valence-corrected chi connectivity index (χ4v) is 1.42. The van der Waals surface area contributed by atoms with E-state index in [-0.39, 0.29) is 12.1 Å². The summed E-state index contributed by atoms with van der Waals surface area (Å²) in [5, 5.41) is 0.804. The van der Waals surface area contributed by atoms with Crippen LogP contribution in [-0.4, -0.2) is 17.4 Å². The molecule has 0 saturated carbocycles. The van der Waals surface area contributed by atoms with Gasteiger partial charge in [0.05, 0.1) is 0 Å². The van der Waals surface area contributed by atoms with Gasteiger partial charge in [0.1, 0.15) is 6.10 Å². The quantitative estimate of drug-likeness (QED) is 0.304. The Morgan fingerprint density at radius 1 is 1.50 bits per heavy atom. The maximum absolute atomic E-state index is 10.8. The van der Waals surface area contributed by atoms with E-state index in [0.717, 1.165) is 18.2 Å². The van der Waals surface area contributed by atoms with Crippen molar-refractivity contribution in [3.63, 3.8) is 0 Å². The summed E-state index contributed by atoms with van der Waals surface area (Å²) in [5.74, 6) is -0.203. The van der Waals surface area contributed by atoms with Crippen molar-refractivity contribution in [2.45, 2.75) is 45.6 Å². The highest BCUT2D eigenvalue weighted by Crippen LogP contribution is 2.08. The van der Waals surface area contributed by atoms with Crippen molar-refractivity contribution < 1.29 is 9.53 Å². The fraction of sp³-hybridized carbons (Fsp3) is 0.727. The third-order valence-corrected chi connectivity index (χ3v) is 2.22. The summed E-state index contributed by atoms with van der Waals surface area (Å²) in [7, 11) is 0. The summed E-state index contributed by atoms with van der Waals surface area (Å²) in [4.78, 5) is 10.8. The highest BCUT2D eigenvalue weighted by Gasteiger charge is 2.06. The molecule has 0 rings (SSSR count). The number of carbonyl (C=O) groups excluding carboxylic acids is 1. The van der Waals surface area contributed by atoms with Gasteiger partial charge in [0.2, 0.25) is 0 Å². The van der Waals surface area contributed by atoms with Crippen molar-refractivity contribution in [2.75, 3.05) is 5.33 Å². The molecule has 0 aromatic rings. The third-order valence-electron chi connectivity index (χ3n) is 1.85. The van der Waals surface area contributed by atoms with Crippen molar-refractivity contribution in [1.82, 2.24) is 0 Å². The average Bonchev–Trinajstić information content (AvgIpc) is 2.13. The summed E-state index contributed by atoms with van der Waals surface area (Å²) < 4.78 is 5.15. The van der Waals surface area contributed by atoms with Crippen molar-refractivity contribution in [3.8, 4) is 0 Å². The standard InChI is InChI=1S/C11H19BrO2/c1-3-4-5-7-11(8-6-9-12)14-10(2)13/h6,8,11H,3-5,7,9H2,1-2H3. The predicted octanol–water partition coefficient (Wildman–Crippen LogP) is 3.45. The molecule has 0 N–H and O–H groups in total. The minimum Gasteiger partial charge on any atom is -0.458 e. The van der Waals surface area contributed by atoms with E-state index < -0.39 is 0 Å². The first-order valence-corrected chi connectivity index (χ1v) is 6.22. The zero-order valence-corrected chi connectivity index (χ0v) is 10.5. The van der Waals surface area contributed by atoms with E-state index in [9.17, 15) is 4.79 Å². The third kappa shape index (κ3) is 8.30. The maximum Gasteiger partial charge on any atom is 0.303 e. The molecule has 14 heavy (non-hydrogen) atoms. The van der Waals surface area contributed by atoms with Crippen LogP contribution in [-0.2, 0) is 9.53 Å². The Kier molecular flexibility index (Phi) is 9.05. The van der Waals surface area contributed by atoms with Gasteiger partial charge in [0, 0.05) is 12.3 Å². The van der Waals surface area contributed by atoms with E-state index >= 15 is 0 Å². The van der Waals surface area contributed by atoms with Crippen LogP contribution in [0.5, 0.6) is 0 Å². The molecule has 0 heterocycles. The number of allylic oxidation sites excluding steroid dienone is 1. The van der Waals surface area contributed by atoms with Gasteiger partial charge in [0.15, 0.2) is 0 Å². The summed E-state index contributed by atoms with van der Waals surface area (Å²) in [6.45, 7) is 3.62. The number of carbonyl (C=O) groups is 1. The molecule has 0 spiro atoms. The van der Waals surface area contributed by atoms with E-state index in [1.54, 1.807) is 0 Å². The Bertz CT molecular complexity index is 178. The summed E-state index contributed by atoms with van der Waals surface area (Å²) in [6.07, 6.45) is 8.30. The second-order valence-corrected chi connectivity index (χ2v) is 3.87. The molecule has 0 aromatic carbocycles. The molecule has 0 aliphatic carbocycles. The van der Waals surface area contributed by atoms with Gasteiger partial charge in [-0.05, 0) is 18.9 Å². The number of halogens is 1. The number of unbranched alkanes of at least 4 members (excludes halogenated alkanes) is 2. The lowest BCUT2D eigenvalue weighted by molar-refractivity contribution is -0.144. The highest BCUT2D eigenvalue weighted by atomic mass is 79.9. The number of esters is 1. The molecule has 0 fully saturated rings. The van der Waals surface area contributed by atoms with Gasteiger partial charge in [-0.25, -0.2) is 0 Å². The topological polar surface area (TPSA) is 26.3 Å². The fourth-order valence-electron chi connectivity index (χ4n) is 1.21. The minimum atomic E-state index is -0.203. The van der Waals surface area contributed by atoms with Gasteiger partial charge in [-0.3, -0.25) is 4.79 Å². The molecule has 0 aliphatic rings. The predicted molar refractivity (Wildman–Crippen MR) is 62.6 cm³/mol. The van der Waals surface area contributed by atoms with E-state index in [4.69, 9.17) is 4.74 Å². The van der Waals surface area contributed by atoms with Crippen molar-refractivity contribution in [2.24, 2.45) is 0 Å². The van der Waals surface area contributed by atoms with Gasteiger partial charge < -0.3 is 4.74 Å². The Hall–Kier alpha value is -0.310. The smallest absolute Gasteiger partial charge is 0.303 e. The molecule has 1 unspecified atom stereocenters. The lowest BCUT2D eigenvalue weighted by Crippen LogP contribution is -2.13. The van der Waals surface area contributed by atoms with Crippen molar-refractivity contribution in [1.29, 1.82) is 0 Å². The van der Waals surface area contributed by atoms with Crippen molar-refractivity contribution >= 4 is 21.9 Å². The molecule has 0 saturated heterocycles. The zero-order chi connectivity index (χ0) is 10.8. The molecule has 2 nitrogen and oxygen atoms in total. The number of hydrogen-bond acceptors (Lipinski definition) is 2. The number of alkyl halides is 1. The number of ether oxygens (including phenoxy) is 1. The van der Waals surface area contributed by atoms with Crippen LogP contribution in [0.1, 0.15) is 39.5 Å². The van der Waals surface area contributed by atoms with Crippen LogP contribution >= 0.6 is 15.9 Å². The molecule has 0 amide bonds. The van der Waals surface area contributed by atoms with Gasteiger partial charge >= 0.3 is 5.97 Å². The van der Waals surface area contributed by atoms with Crippen molar-refractivity contribution in [3.05, 3.63) is 12.2 Å². The SMILES string of the molecule is CCCCCC(C=CCBr)OC(C)=O. The average molecular weight is 263 g/mol. The van der Waals surface area contributed by atoms with E-state index in [1.807, 2.05) is 12.2 Å². The van der Waals surface area contributed by atoms with E-state index in [2.05, 4.69) is 22.9 Å². The number of hydrogen-bond donors (Lipinski definition) is 0. The van der Waals surface area contributed by atoms with Crippen LogP contribution in [0.25, 0.3) is 0 Å². The maximum atomic E-state index is 10.8. The summed E-state index contributed by atoms with van der Waals surface area (Å²) in [6, 6.07) is 0. The Balaban J connectivity index is 3.84. The Morgan fingerprint density at radius 3 is 2.71 bits per heavy atom. The first-order valence-electron chi connectivity index (χ1n) is 5.10.